The second-order valence-corrected chi connectivity index (χ2v) is 5.67. The van der Waals surface area contributed by atoms with Crippen molar-refractivity contribution in [1.82, 2.24) is 0 Å². The maximum Gasteiger partial charge on any atom is 0.269 e. The van der Waals surface area contributed by atoms with Gasteiger partial charge in [0.05, 0.1) is 10.8 Å². The summed E-state index contributed by atoms with van der Waals surface area (Å²) >= 11 is 0. The van der Waals surface area contributed by atoms with Crippen molar-refractivity contribution in [2.75, 3.05) is 5.32 Å². The first-order valence-electron chi connectivity index (χ1n) is 6.65. The summed E-state index contributed by atoms with van der Waals surface area (Å²) in [5.74, 6) is 0.744. The van der Waals surface area contributed by atoms with E-state index in [1.165, 1.54) is 6.07 Å². The molecule has 0 bridgehead atoms. The Morgan fingerprint density at radius 1 is 1.37 bits per heavy atom. The third-order valence-corrected chi connectivity index (χ3v) is 4.33. The number of fused-ring (bicyclic) bond motifs is 1. The van der Waals surface area contributed by atoms with E-state index in [1.54, 1.807) is 12.1 Å². The summed E-state index contributed by atoms with van der Waals surface area (Å²) in [5, 5.41) is 13.7. The van der Waals surface area contributed by atoms with Crippen molar-refractivity contribution in [1.29, 1.82) is 0 Å². The van der Waals surface area contributed by atoms with Crippen LogP contribution in [0, 0.1) is 22.0 Å². The number of carbonyl (C=O) groups is 1. The van der Waals surface area contributed by atoms with E-state index < -0.39 is 4.92 Å². The highest BCUT2D eigenvalue weighted by Gasteiger charge is 2.40. The number of nitro groups is 1. The molecule has 19 heavy (non-hydrogen) atoms. The number of hydrogen-bond donors (Lipinski definition) is 1. The third-order valence-electron chi connectivity index (χ3n) is 4.33. The predicted octanol–water partition coefficient (Wildman–Crippen LogP) is 3.07. The maximum atomic E-state index is 12.1. The number of nitrogens with one attached hydrogen (secondary N) is 1. The number of non-ortho nitro benzene ring substituents is 1. The molecule has 1 N–H and O–H groups in total. The molecule has 0 aromatic heterocycles. The molecule has 1 fully saturated rings. The molecule has 1 saturated carbocycles. The summed E-state index contributed by atoms with van der Waals surface area (Å²) in [6, 6.07) is 4.64. The van der Waals surface area contributed by atoms with Gasteiger partial charge in [-0.2, -0.15) is 0 Å². The minimum atomic E-state index is -0.405. The van der Waals surface area contributed by atoms with Crippen LogP contribution in [0.5, 0.6) is 0 Å². The molecule has 2 aliphatic rings. The van der Waals surface area contributed by atoms with E-state index in [1.807, 2.05) is 0 Å². The Morgan fingerprint density at radius 2 is 2.16 bits per heavy atom. The van der Waals surface area contributed by atoms with Gasteiger partial charge in [0.15, 0.2) is 0 Å². The van der Waals surface area contributed by atoms with Gasteiger partial charge in [-0.05, 0) is 36.3 Å². The van der Waals surface area contributed by atoms with E-state index >= 15 is 0 Å². The van der Waals surface area contributed by atoms with E-state index in [9.17, 15) is 14.9 Å². The van der Waals surface area contributed by atoms with Gasteiger partial charge in [-0.15, -0.1) is 0 Å². The normalized spacial score (nSPS) is 29.1. The van der Waals surface area contributed by atoms with Crippen LogP contribution < -0.4 is 5.32 Å². The Hall–Kier alpha value is -1.91. The van der Waals surface area contributed by atoms with Crippen molar-refractivity contribution in [2.24, 2.45) is 11.8 Å². The lowest BCUT2D eigenvalue weighted by atomic mass is 9.85. The number of amides is 1. The average Bonchev–Trinajstić information content (AvgIpc) is 2.90. The van der Waals surface area contributed by atoms with Crippen molar-refractivity contribution < 1.29 is 9.72 Å². The molecule has 1 heterocycles. The molecule has 5 heteroatoms. The summed E-state index contributed by atoms with van der Waals surface area (Å²) < 4.78 is 0. The quantitative estimate of drug-likeness (QED) is 0.656. The van der Waals surface area contributed by atoms with Gasteiger partial charge in [0.1, 0.15) is 0 Å². The molecule has 100 valence electrons. The van der Waals surface area contributed by atoms with Crippen LogP contribution in [0.4, 0.5) is 11.4 Å². The summed E-state index contributed by atoms with van der Waals surface area (Å²) in [6.07, 6.45) is 3.19. The predicted molar refractivity (Wildman–Crippen MR) is 71.0 cm³/mol. The van der Waals surface area contributed by atoms with E-state index in [4.69, 9.17) is 0 Å². The molecule has 1 aliphatic carbocycles. The molecule has 1 aromatic rings. The van der Waals surface area contributed by atoms with Gasteiger partial charge in [-0.25, -0.2) is 0 Å². The first-order valence-corrected chi connectivity index (χ1v) is 6.65. The zero-order valence-corrected chi connectivity index (χ0v) is 10.8. The fraction of sp³-hybridized carbons (Fsp3) is 0.500. The number of hydrogen-bond acceptors (Lipinski definition) is 3. The SMILES string of the molecule is CC1CCC(C2C(=O)Nc3ccc([N+](=O)[O-])cc32)C1. The van der Waals surface area contributed by atoms with Crippen LogP contribution >= 0.6 is 0 Å². The molecule has 1 amide bonds. The molecule has 0 radical (unpaired) electrons. The lowest BCUT2D eigenvalue weighted by molar-refractivity contribution is -0.384. The van der Waals surface area contributed by atoms with Crippen LogP contribution in [0.3, 0.4) is 0 Å². The van der Waals surface area contributed by atoms with E-state index in [2.05, 4.69) is 12.2 Å². The van der Waals surface area contributed by atoms with Gasteiger partial charge in [0, 0.05) is 17.8 Å². The first-order chi connectivity index (χ1) is 9.06. The topological polar surface area (TPSA) is 72.2 Å². The Labute approximate surface area is 111 Å². The van der Waals surface area contributed by atoms with Crippen LogP contribution in [-0.4, -0.2) is 10.8 Å². The number of anilines is 1. The van der Waals surface area contributed by atoms with Crippen LogP contribution in [0.25, 0.3) is 0 Å². The summed E-state index contributed by atoms with van der Waals surface area (Å²) in [6.45, 7) is 2.20. The summed E-state index contributed by atoms with van der Waals surface area (Å²) in [7, 11) is 0. The van der Waals surface area contributed by atoms with Crippen molar-refractivity contribution >= 4 is 17.3 Å². The Kier molecular flexibility index (Phi) is 2.77. The smallest absolute Gasteiger partial charge is 0.269 e. The van der Waals surface area contributed by atoms with Crippen LogP contribution in [-0.2, 0) is 4.79 Å². The van der Waals surface area contributed by atoms with Gasteiger partial charge in [0.2, 0.25) is 5.91 Å². The van der Waals surface area contributed by atoms with E-state index in [-0.39, 0.29) is 17.5 Å². The lowest BCUT2D eigenvalue weighted by Crippen LogP contribution is -2.19. The van der Waals surface area contributed by atoms with E-state index in [0.29, 0.717) is 11.8 Å². The molecular formula is C14H16N2O3. The Morgan fingerprint density at radius 3 is 2.79 bits per heavy atom. The fourth-order valence-electron chi connectivity index (χ4n) is 3.41. The van der Waals surface area contributed by atoms with Gasteiger partial charge >= 0.3 is 0 Å². The molecular weight excluding hydrogens is 244 g/mol. The number of benzene rings is 1. The summed E-state index contributed by atoms with van der Waals surface area (Å²) in [5.41, 5.74) is 1.60. The second-order valence-electron chi connectivity index (χ2n) is 5.67. The molecule has 1 aromatic carbocycles. The third kappa shape index (κ3) is 1.99. The number of nitrogens with zero attached hydrogens (tertiary/aromatic N) is 1. The van der Waals surface area contributed by atoms with Gasteiger partial charge in [-0.3, -0.25) is 14.9 Å². The highest BCUT2D eigenvalue weighted by Crippen LogP contribution is 2.46. The van der Waals surface area contributed by atoms with Crippen LogP contribution in [0.2, 0.25) is 0 Å². The van der Waals surface area contributed by atoms with Crippen molar-refractivity contribution in [3.05, 3.63) is 33.9 Å². The second kappa shape index (κ2) is 4.33. The van der Waals surface area contributed by atoms with Gasteiger partial charge < -0.3 is 5.32 Å². The molecule has 3 atom stereocenters. The fourth-order valence-corrected chi connectivity index (χ4v) is 3.41. The molecule has 0 saturated heterocycles. The highest BCUT2D eigenvalue weighted by molar-refractivity contribution is 6.03. The first kappa shape index (κ1) is 12.1. The lowest BCUT2D eigenvalue weighted by Gasteiger charge is -2.16. The molecule has 0 spiro atoms. The zero-order valence-electron chi connectivity index (χ0n) is 10.8. The average molecular weight is 260 g/mol. The standard InChI is InChI=1S/C14H16N2O3/c1-8-2-3-9(6-8)13-11-7-10(16(18)19)4-5-12(11)15-14(13)17/h4-5,7-9,13H,2-3,6H2,1H3,(H,15,17). The Bertz CT molecular complexity index is 556. The minimum Gasteiger partial charge on any atom is -0.325 e. The van der Waals surface area contributed by atoms with Gasteiger partial charge in [0.25, 0.3) is 5.69 Å². The van der Waals surface area contributed by atoms with Crippen LogP contribution in [0.1, 0.15) is 37.7 Å². The zero-order chi connectivity index (χ0) is 13.6. The van der Waals surface area contributed by atoms with Crippen molar-refractivity contribution in [3.8, 4) is 0 Å². The van der Waals surface area contributed by atoms with Crippen molar-refractivity contribution in [3.63, 3.8) is 0 Å². The molecule has 3 rings (SSSR count). The molecule has 1 aliphatic heterocycles. The summed E-state index contributed by atoms with van der Waals surface area (Å²) in [4.78, 5) is 22.6. The number of rotatable bonds is 2. The number of carbonyl (C=O) groups excluding carboxylic acids is 1. The maximum absolute atomic E-state index is 12.1. The number of nitro benzene ring substituents is 1. The monoisotopic (exact) mass is 260 g/mol. The molecule has 3 unspecified atom stereocenters. The highest BCUT2D eigenvalue weighted by atomic mass is 16.6. The largest absolute Gasteiger partial charge is 0.325 e. The van der Waals surface area contributed by atoms with E-state index in [0.717, 1.165) is 30.5 Å². The van der Waals surface area contributed by atoms with Crippen molar-refractivity contribution in [2.45, 2.75) is 32.1 Å². The molecule has 5 nitrogen and oxygen atoms in total. The Balaban J connectivity index is 1.97. The van der Waals surface area contributed by atoms with Crippen LogP contribution in [0.15, 0.2) is 18.2 Å². The van der Waals surface area contributed by atoms with Gasteiger partial charge in [-0.1, -0.05) is 13.3 Å². The minimum absolute atomic E-state index is 0.00500.